The molecule has 0 N–H and O–H groups in total. The smallest absolute Gasteiger partial charge is 0.164 e. The molecule has 0 fully saturated rings. The molecule has 6 aromatic rings. The second-order valence-corrected chi connectivity index (χ2v) is 10.2. The Morgan fingerprint density at radius 1 is 0.683 bits per heavy atom. The van der Waals surface area contributed by atoms with Gasteiger partial charge in [-0.2, -0.15) is 0 Å². The van der Waals surface area contributed by atoms with E-state index in [1.165, 1.54) is 6.07 Å². The average Bonchev–Trinajstić information content (AvgIpc) is 3.41. The Kier molecular flexibility index (Phi) is 6.28. The molecule has 0 saturated heterocycles. The molecule has 0 bridgehead atoms. The van der Waals surface area contributed by atoms with Crippen LogP contribution in [0.2, 0.25) is 0 Å². The molecule has 5 nitrogen and oxygen atoms in total. The molecular formula is C35H26FN5. The maximum Gasteiger partial charge on any atom is 0.164 e. The highest BCUT2D eigenvalue weighted by Crippen LogP contribution is 2.36. The van der Waals surface area contributed by atoms with Crippen LogP contribution < -0.4 is 0 Å². The summed E-state index contributed by atoms with van der Waals surface area (Å²) in [5.74, 6) is 2.50. The van der Waals surface area contributed by atoms with Crippen molar-refractivity contribution in [3.63, 3.8) is 0 Å². The summed E-state index contributed by atoms with van der Waals surface area (Å²) in [4.78, 5) is 19.8. The first-order valence-electron chi connectivity index (χ1n) is 13.7. The number of aromatic nitrogens is 5. The summed E-state index contributed by atoms with van der Waals surface area (Å²) in [5.41, 5.74) is 5.48. The van der Waals surface area contributed by atoms with E-state index in [1.807, 2.05) is 89.5 Å². The van der Waals surface area contributed by atoms with Gasteiger partial charge >= 0.3 is 0 Å². The van der Waals surface area contributed by atoms with Crippen molar-refractivity contribution in [3.8, 4) is 39.9 Å². The molecule has 2 heterocycles. The Hall–Kier alpha value is -5.23. The molecule has 1 aliphatic rings. The highest BCUT2D eigenvalue weighted by molar-refractivity contribution is 5.87. The number of para-hydroxylation sites is 3. The van der Waals surface area contributed by atoms with Crippen LogP contribution in [0.25, 0.3) is 56.5 Å². The van der Waals surface area contributed by atoms with Gasteiger partial charge in [0.15, 0.2) is 17.5 Å². The van der Waals surface area contributed by atoms with E-state index in [9.17, 15) is 0 Å². The summed E-state index contributed by atoms with van der Waals surface area (Å²) < 4.78 is 17.1. The maximum atomic E-state index is 15.2. The summed E-state index contributed by atoms with van der Waals surface area (Å²) in [6.45, 7) is 2.19. The number of imidazole rings is 1. The summed E-state index contributed by atoms with van der Waals surface area (Å²) in [7, 11) is 0. The SMILES string of the molecule is CC1C=CC(c2nc(-c3ccccc3)nc(-c3ccccc3-c3nc4ccccc4n3-c3ccccc3F)n2)=CC1. The van der Waals surface area contributed by atoms with Gasteiger partial charge in [-0.05, 0) is 36.6 Å². The average molecular weight is 536 g/mol. The van der Waals surface area contributed by atoms with Gasteiger partial charge < -0.3 is 0 Å². The van der Waals surface area contributed by atoms with E-state index in [2.05, 4.69) is 25.2 Å². The zero-order valence-corrected chi connectivity index (χ0v) is 22.4. The third-order valence-electron chi connectivity index (χ3n) is 7.30. The quantitative estimate of drug-likeness (QED) is 0.223. The van der Waals surface area contributed by atoms with Crippen molar-refractivity contribution in [2.45, 2.75) is 13.3 Å². The molecule has 4 aromatic carbocycles. The van der Waals surface area contributed by atoms with Gasteiger partial charge in [-0.25, -0.2) is 24.3 Å². The Morgan fingerprint density at radius 3 is 2.17 bits per heavy atom. The van der Waals surface area contributed by atoms with Crippen LogP contribution in [-0.2, 0) is 0 Å². The predicted molar refractivity (Wildman–Crippen MR) is 162 cm³/mol. The van der Waals surface area contributed by atoms with Crippen LogP contribution in [-0.4, -0.2) is 24.5 Å². The molecule has 0 amide bonds. The predicted octanol–water partition coefficient (Wildman–Crippen LogP) is 8.33. The van der Waals surface area contributed by atoms with Gasteiger partial charge in [0.25, 0.3) is 0 Å². The third kappa shape index (κ3) is 4.63. The fourth-order valence-electron chi connectivity index (χ4n) is 5.19. The molecule has 0 aliphatic heterocycles. The Labute approximate surface area is 237 Å². The zero-order valence-electron chi connectivity index (χ0n) is 22.4. The topological polar surface area (TPSA) is 56.5 Å². The molecule has 198 valence electrons. The van der Waals surface area contributed by atoms with Crippen LogP contribution in [0.1, 0.15) is 19.2 Å². The Bertz CT molecular complexity index is 1960. The number of hydrogen-bond acceptors (Lipinski definition) is 4. The van der Waals surface area contributed by atoms with E-state index in [0.717, 1.165) is 39.7 Å². The molecule has 2 aromatic heterocycles. The number of halogens is 1. The van der Waals surface area contributed by atoms with Gasteiger partial charge in [-0.3, -0.25) is 4.57 Å². The molecule has 1 aliphatic carbocycles. The van der Waals surface area contributed by atoms with Gasteiger partial charge in [-0.15, -0.1) is 0 Å². The summed E-state index contributed by atoms with van der Waals surface area (Å²) in [6, 6.07) is 32.4. The van der Waals surface area contributed by atoms with Gasteiger partial charge in [-0.1, -0.05) is 104 Å². The van der Waals surface area contributed by atoms with E-state index >= 15 is 4.39 Å². The van der Waals surface area contributed by atoms with E-state index in [1.54, 1.807) is 12.1 Å². The number of nitrogens with zero attached hydrogens (tertiary/aromatic N) is 5. The largest absolute Gasteiger partial charge is 0.289 e. The van der Waals surface area contributed by atoms with Crippen molar-refractivity contribution in [1.82, 2.24) is 24.5 Å². The second-order valence-electron chi connectivity index (χ2n) is 10.2. The van der Waals surface area contributed by atoms with Crippen LogP contribution in [0, 0.1) is 11.7 Å². The number of fused-ring (bicyclic) bond motifs is 1. The van der Waals surface area contributed by atoms with Gasteiger partial charge in [0, 0.05) is 22.3 Å². The minimum Gasteiger partial charge on any atom is -0.289 e. The Morgan fingerprint density at radius 2 is 1.37 bits per heavy atom. The summed E-state index contributed by atoms with van der Waals surface area (Å²) >= 11 is 0. The minimum atomic E-state index is -0.326. The normalized spacial score (nSPS) is 14.8. The van der Waals surface area contributed by atoms with Crippen LogP contribution in [0.5, 0.6) is 0 Å². The maximum absolute atomic E-state index is 15.2. The van der Waals surface area contributed by atoms with Crippen molar-refractivity contribution < 1.29 is 4.39 Å². The van der Waals surface area contributed by atoms with Crippen molar-refractivity contribution in [2.24, 2.45) is 5.92 Å². The molecule has 6 heteroatoms. The monoisotopic (exact) mass is 535 g/mol. The molecule has 1 unspecified atom stereocenters. The van der Waals surface area contributed by atoms with Crippen LogP contribution >= 0.6 is 0 Å². The van der Waals surface area contributed by atoms with Crippen LogP contribution in [0.15, 0.2) is 121 Å². The van der Waals surface area contributed by atoms with Crippen molar-refractivity contribution in [2.75, 3.05) is 0 Å². The van der Waals surface area contributed by atoms with Crippen molar-refractivity contribution >= 4 is 16.6 Å². The van der Waals surface area contributed by atoms with Gasteiger partial charge in [0.1, 0.15) is 11.6 Å². The van der Waals surface area contributed by atoms with E-state index < -0.39 is 0 Å². The molecule has 0 spiro atoms. The highest BCUT2D eigenvalue weighted by atomic mass is 19.1. The van der Waals surface area contributed by atoms with E-state index in [-0.39, 0.29) is 5.82 Å². The fraction of sp³-hybridized carbons (Fsp3) is 0.0857. The molecule has 0 saturated carbocycles. The lowest BCUT2D eigenvalue weighted by Gasteiger charge is -2.15. The van der Waals surface area contributed by atoms with Crippen molar-refractivity contribution in [1.29, 1.82) is 0 Å². The van der Waals surface area contributed by atoms with E-state index in [0.29, 0.717) is 34.9 Å². The molecule has 0 radical (unpaired) electrons. The first-order valence-corrected chi connectivity index (χ1v) is 13.7. The summed E-state index contributed by atoms with van der Waals surface area (Å²) in [6.07, 6.45) is 7.39. The first-order chi connectivity index (χ1) is 20.2. The van der Waals surface area contributed by atoms with Gasteiger partial charge in [0.2, 0.25) is 0 Å². The lowest BCUT2D eigenvalue weighted by molar-refractivity contribution is 0.620. The summed E-state index contributed by atoms with van der Waals surface area (Å²) in [5, 5.41) is 0. The minimum absolute atomic E-state index is 0.326. The molecule has 1 atom stereocenters. The molecular weight excluding hydrogens is 509 g/mol. The van der Waals surface area contributed by atoms with Crippen LogP contribution in [0.3, 0.4) is 0 Å². The van der Waals surface area contributed by atoms with Crippen LogP contribution in [0.4, 0.5) is 4.39 Å². The molecule has 7 rings (SSSR count). The lowest BCUT2D eigenvalue weighted by Crippen LogP contribution is -2.06. The second kappa shape index (κ2) is 10.4. The fourth-order valence-corrected chi connectivity index (χ4v) is 5.19. The van der Waals surface area contributed by atoms with E-state index in [4.69, 9.17) is 19.9 Å². The highest BCUT2D eigenvalue weighted by Gasteiger charge is 2.22. The number of rotatable bonds is 5. The number of allylic oxidation sites excluding steroid dienone is 4. The molecule has 41 heavy (non-hydrogen) atoms. The zero-order chi connectivity index (χ0) is 27.8. The first kappa shape index (κ1) is 24.8. The van der Waals surface area contributed by atoms with Gasteiger partial charge in [0.05, 0.1) is 16.7 Å². The standard InChI is InChI=1S/C35H26FN5/c1-23-19-21-25(22-20-23)33-38-32(24-11-3-2-4-12-24)39-34(40-33)26-13-5-6-14-27(26)35-37-29-16-8-10-18-31(29)41(35)30-17-9-7-15-28(30)36/h2-19,21-23H,20H2,1H3. The lowest BCUT2D eigenvalue weighted by atomic mass is 9.98. The van der Waals surface area contributed by atoms with Crippen molar-refractivity contribution in [3.05, 3.63) is 133 Å². The Balaban J connectivity index is 1.47. The number of hydrogen-bond donors (Lipinski definition) is 0. The third-order valence-corrected chi connectivity index (χ3v) is 7.30. The number of benzene rings is 4.